The van der Waals surface area contributed by atoms with Crippen molar-refractivity contribution in [3.63, 3.8) is 0 Å². The monoisotopic (exact) mass is 441 g/mol. The zero-order chi connectivity index (χ0) is 23.5. The number of Topliss-reactive ketones (excluding diaryl/α,β-unsaturated/α-hetero) is 1. The second kappa shape index (κ2) is 9.20. The average molecular weight is 442 g/mol. The van der Waals surface area contributed by atoms with Crippen molar-refractivity contribution in [1.29, 1.82) is 0 Å². The summed E-state index contributed by atoms with van der Waals surface area (Å²) in [5, 5.41) is 3.75. The molecule has 168 valence electrons. The van der Waals surface area contributed by atoms with Gasteiger partial charge in [-0.05, 0) is 17.7 Å². The van der Waals surface area contributed by atoms with Crippen molar-refractivity contribution in [2.45, 2.75) is 12.8 Å². The number of carbonyl (C=O) groups excluding carboxylic acids is 2. The van der Waals surface area contributed by atoms with Crippen LogP contribution in [0.15, 0.2) is 72.9 Å². The lowest BCUT2D eigenvalue weighted by Crippen LogP contribution is -2.19. The maximum absolute atomic E-state index is 14.1. The van der Waals surface area contributed by atoms with E-state index in [1.54, 1.807) is 13.3 Å². The predicted molar refractivity (Wildman–Crippen MR) is 133 cm³/mol. The summed E-state index contributed by atoms with van der Waals surface area (Å²) < 4.78 is 5.86. The van der Waals surface area contributed by atoms with Crippen molar-refractivity contribution < 1.29 is 14.3 Å². The number of hydrogen-bond acceptors (Lipinski definition) is 4. The first-order chi connectivity index (χ1) is 15.9. The van der Waals surface area contributed by atoms with Gasteiger partial charge in [-0.1, -0.05) is 54.6 Å². The summed E-state index contributed by atoms with van der Waals surface area (Å²) in [5.74, 6) is -0.255. The standard InChI is InChI=1S/C27H27N3O3/c1-17(31)29-23-15-14-20(27(33-4)25(23)30(2)3)24(18-10-6-5-7-11-18)26(32)21-16-28-22-13-9-8-12-19(21)22/h5-16,24,28H,1-4H3,(H,29,31). The number of rotatable bonds is 7. The van der Waals surface area contributed by atoms with Crippen LogP contribution in [0.2, 0.25) is 0 Å². The molecular formula is C27H27N3O3. The van der Waals surface area contributed by atoms with E-state index in [0.717, 1.165) is 22.0 Å². The number of nitrogens with zero attached hydrogens (tertiary/aromatic N) is 1. The number of aromatic amines is 1. The highest BCUT2D eigenvalue weighted by Crippen LogP contribution is 2.44. The fourth-order valence-corrected chi connectivity index (χ4v) is 4.31. The van der Waals surface area contributed by atoms with E-state index in [2.05, 4.69) is 10.3 Å². The summed E-state index contributed by atoms with van der Waals surface area (Å²) in [6.07, 6.45) is 1.77. The number of fused-ring (bicyclic) bond motifs is 1. The van der Waals surface area contributed by atoms with Crippen LogP contribution in [0.1, 0.15) is 34.3 Å². The lowest BCUT2D eigenvalue weighted by Gasteiger charge is -2.26. The summed E-state index contributed by atoms with van der Waals surface area (Å²) >= 11 is 0. The lowest BCUT2D eigenvalue weighted by atomic mass is 9.83. The molecule has 0 aliphatic heterocycles. The van der Waals surface area contributed by atoms with Crippen molar-refractivity contribution in [2.24, 2.45) is 0 Å². The number of para-hydroxylation sites is 1. The van der Waals surface area contributed by atoms with Crippen molar-refractivity contribution in [1.82, 2.24) is 4.98 Å². The number of aromatic nitrogens is 1. The molecule has 0 bridgehead atoms. The van der Waals surface area contributed by atoms with Gasteiger partial charge in [-0.15, -0.1) is 0 Å². The van der Waals surface area contributed by atoms with Gasteiger partial charge in [-0.3, -0.25) is 9.59 Å². The first-order valence-corrected chi connectivity index (χ1v) is 10.7. The molecule has 4 aromatic rings. The Labute approximate surface area is 193 Å². The Morgan fingerprint density at radius 2 is 1.67 bits per heavy atom. The molecule has 6 heteroatoms. The van der Waals surface area contributed by atoms with Gasteiger partial charge in [0.2, 0.25) is 5.91 Å². The van der Waals surface area contributed by atoms with Crippen LogP contribution in [-0.2, 0) is 4.79 Å². The van der Waals surface area contributed by atoms with E-state index in [1.165, 1.54) is 6.92 Å². The van der Waals surface area contributed by atoms with Gasteiger partial charge in [0.25, 0.3) is 0 Å². The van der Waals surface area contributed by atoms with Gasteiger partial charge in [0, 0.05) is 49.2 Å². The summed E-state index contributed by atoms with van der Waals surface area (Å²) in [7, 11) is 5.35. The zero-order valence-electron chi connectivity index (χ0n) is 19.2. The SMILES string of the molecule is COc1c(C(C(=O)c2c[nH]c3ccccc23)c2ccccc2)ccc(NC(C)=O)c1N(C)C. The number of carbonyl (C=O) groups is 2. The molecule has 0 saturated carbocycles. The van der Waals surface area contributed by atoms with E-state index in [9.17, 15) is 9.59 Å². The van der Waals surface area contributed by atoms with Crippen LogP contribution in [0.5, 0.6) is 5.75 Å². The normalized spacial score (nSPS) is 11.8. The van der Waals surface area contributed by atoms with Crippen LogP contribution in [0.4, 0.5) is 11.4 Å². The molecule has 1 atom stereocenters. The van der Waals surface area contributed by atoms with Crippen LogP contribution in [0, 0.1) is 0 Å². The van der Waals surface area contributed by atoms with Crippen LogP contribution >= 0.6 is 0 Å². The van der Waals surface area contributed by atoms with Crippen LogP contribution in [0.3, 0.4) is 0 Å². The first-order valence-electron chi connectivity index (χ1n) is 10.7. The molecule has 1 unspecified atom stereocenters. The van der Waals surface area contributed by atoms with Gasteiger partial charge >= 0.3 is 0 Å². The third kappa shape index (κ3) is 4.20. The zero-order valence-corrected chi connectivity index (χ0v) is 19.2. The molecule has 1 heterocycles. The molecule has 0 fully saturated rings. The number of ether oxygens (including phenoxy) is 1. The molecule has 1 amide bonds. The molecule has 0 aliphatic rings. The highest BCUT2D eigenvalue weighted by molar-refractivity contribution is 6.12. The predicted octanol–water partition coefficient (Wildman–Crippen LogP) is 5.22. The Balaban J connectivity index is 1.95. The largest absolute Gasteiger partial charge is 0.494 e. The van der Waals surface area contributed by atoms with E-state index in [0.29, 0.717) is 22.7 Å². The second-order valence-corrected chi connectivity index (χ2v) is 8.12. The summed E-state index contributed by atoms with van der Waals surface area (Å²) in [4.78, 5) is 31.0. The number of nitrogens with one attached hydrogen (secondary N) is 2. The third-order valence-electron chi connectivity index (χ3n) is 5.68. The first kappa shape index (κ1) is 22.1. The minimum Gasteiger partial charge on any atom is -0.494 e. The Morgan fingerprint density at radius 1 is 0.970 bits per heavy atom. The van der Waals surface area contributed by atoms with Crippen molar-refractivity contribution >= 4 is 34.0 Å². The van der Waals surface area contributed by atoms with Gasteiger partial charge < -0.3 is 19.9 Å². The highest BCUT2D eigenvalue weighted by Gasteiger charge is 2.31. The van der Waals surface area contributed by atoms with Gasteiger partial charge in [-0.2, -0.15) is 0 Å². The second-order valence-electron chi connectivity index (χ2n) is 8.12. The number of benzene rings is 3. The number of methoxy groups -OCH3 is 1. The number of hydrogen-bond donors (Lipinski definition) is 2. The molecule has 2 N–H and O–H groups in total. The van der Waals surface area contributed by atoms with E-state index >= 15 is 0 Å². The Morgan fingerprint density at radius 3 is 2.33 bits per heavy atom. The lowest BCUT2D eigenvalue weighted by molar-refractivity contribution is -0.114. The fourth-order valence-electron chi connectivity index (χ4n) is 4.31. The molecule has 0 saturated heterocycles. The molecule has 0 radical (unpaired) electrons. The van der Waals surface area contributed by atoms with Gasteiger partial charge in [0.05, 0.1) is 18.7 Å². The topological polar surface area (TPSA) is 74.4 Å². The minimum atomic E-state index is -0.592. The highest BCUT2D eigenvalue weighted by atomic mass is 16.5. The molecule has 3 aromatic carbocycles. The summed E-state index contributed by atoms with van der Waals surface area (Å²) in [6, 6.07) is 21.1. The van der Waals surface area contributed by atoms with Gasteiger partial charge in [0.15, 0.2) is 5.78 Å². The average Bonchev–Trinajstić information content (AvgIpc) is 3.24. The molecule has 1 aromatic heterocycles. The molecule has 0 spiro atoms. The smallest absolute Gasteiger partial charge is 0.221 e. The summed E-state index contributed by atoms with van der Waals surface area (Å²) in [6.45, 7) is 1.47. The Hall–Kier alpha value is -4.06. The van der Waals surface area contributed by atoms with E-state index < -0.39 is 5.92 Å². The van der Waals surface area contributed by atoms with Crippen molar-refractivity contribution in [2.75, 3.05) is 31.4 Å². The van der Waals surface area contributed by atoms with E-state index in [1.807, 2.05) is 85.7 Å². The number of anilines is 2. The maximum Gasteiger partial charge on any atom is 0.221 e. The third-order valence-corrected chi connectivity index (χ3v) is 5.68. The van der Waals surface area contributed by atoms with Crippen LogP contribution in [-0.4, -0.2) is 37.9 Å². The molecular weight excluding hydrogens is 414 g/mol. The number of amides is 1. The number of ketones is 1. The van der Waals surface area contributed by atoms with Gasteiger partial charge in [-0.25, -0.2) is 0 Å². The van der Waals surface area contributed by atoms with E-state index in [4.69, 9.17) is 4.74 Å². The maximum atomic E-state index is 14.1. The van der Waals surface area contributed by atoms with Gasteiger partial charge in [0.1, 0.15) is 11.4 Å². The molecule has 33 heavy (non-hydrogen) atoms. The summed E-state index contributed by atoms with van der Waals surface area (Å²) in [5.41, 5.74) is 4.46. The molecule has 6 nitrogen and oxygen atoms in total. The Bertz CT molecular complexity index is 1310. The molecule has 4 rings (SSSR count). The Kier molecular flexibility index (Phi) is 6.18. The minimum absolute atomic E-state index is 0.0334. The molecule has 0 aliphatic carbocycles. The van der Waals surface area contributed by atoms with Crippen molar-refractivity contribution in [3.8, 4) is 5.75 Å². The van der Waals surface area contributed by atoms with Crippen LogP contribution in [0.25, 0.3) is 10.9 Å². The van der Waals surface area contributed by atoms with Crippen LogP contribution < -0.4 is 15.0 Å². The van der Waals surface area contributed by atoms with Crippen molar-refractivity contribution in [3.05, 3.63) is 89.6 Å². The van der Waals surface area contributed by atoms with E-state index in [-0.39, 0.29) is 11.7 Å². The fraction of sp³-hybridized carbons (Fsp3) is 0.185. The number of H-pyrrole nitrogens is 1. The quantitative estimate of drug-likeness (QED) is 0.386.